The van der Waals surface area contributed by atoms with Gasteiger partial charge >= 0.3 is 0 Å². The Balaban J connectivity index is 2.15. The number of hydrogen-bond donors (Lipinski definition) is 0. The standard InChI is InChI=1S/C9H14S/c1-2-8-10-9-6-4-3-5-7-9/h2-4,9H,1,5-8H2. The molecular weight excluding hydrogens is 140 g/mol. The van der Waals surface area contributed by atoms with E-state index in [2.05, 4.69) is 18.7 Å². The Morgan fingerprint density at radius 1 is 1.60 bits per heavy atom. The molecule has 0 radical (unpaired) electrons. The fourth-order valence-electron chi connectivity index (χ4n) is 1.12. The van der Waals surface area contributed by atoms with E-state index in [1.54, 1.807) is 0 Å². The Morgan fingerprint density at radius 3 is 3.10 bits per heavy atom. The largest absolute Gasteiger partial charge is 0.154 e. The van der Waals surface area contributed by atoms with Crippen LogP contribution in [0.5, 0.6) is 0 Å². The van der Waals surface area contributed by atoms with Crippen molar-refractivity contribution >= 4 is 11.8 Å². The molecule has 56 valence electrons. The van der Waals surface area contributed by atoms with E-state index in [1.165, 1.54) is 19.3 Å². The van der Waals surface area contributed by atoms with Gasteiger partial charge < -0.3 is 0 Å². The minimum atomic E-state index is 0.864. The third-order valence-corrected chi connectivity index (χ3v) is 3.00. The van der Waals surface area contributed by atoms with Crippen molar-refractivity contribution in [3.8, 4) is 0 Å². The molecule has 1 aliphatic rings. The van der Waals surface area contributed by atoms with Gasteiger partial charge in [-0.15, -0.1) is 6.58 Å². The zero-order chi connectivity index (χ0) is 7.23. The Hall–Kier alpha value is -0.170. The first kappa shape index (κ1) is 7.93. The topological polar surface area (TPSA) is 0 Å². The molecule has 0 aliphatic heterocycles. The summed E-state index contributed by atoms with van der Waals surface area (Å²) in [6.45, 7) is 3.71. The monoisotopic (exact) mass is 154 g/mol. The van der Waals surface area contributed by atoms with Crippen LogP contribution in [0.15, 0.2) is 24.8 Å². The molecule has 0 spiro atoms. The molecule has 1 aliphatic carbocycles. The lowest BCUT2D eigenvalue weighted by Gasteiger charge is -2.15. The van der Waals surface area contributed by atoms with Crippen molar-refractivity contribution in [3.63, 3.8) is 0 Å². The smallest absolute Gasteiger partial charge is 0.0113 e. The Bertz CT molecular complexity index is 127. The van der Waals surface area contributed by atoms with Crippen LogP contribution in [-0.4, -0.2) is 11.0 Å². The number of allylic oxidation sites excluding steroid dienone is 2. The van der Waals surface area contributed by atoms with Gasteiger partial charge in [-0.25, -0.2) is 0 Å². The summed E-state index contributed by atoms with van der Waals surface area (Å²) in [5.41, 5.74) is 0. The number of rotatable bonds is 3. The average molecular weight is 154 g/mol. The molecule has 0 nitrogen and oxygen atoms in total. The summed E-state index contributed by atoms with van der Waals surface area (Å²) in [6.07, 6.45) is 10.5. The molecule has 0 saturated heterocycles. The van der Waals surface area contributed by atoms with E-state index in [4.69, 9.17) is 0 Å². The van der Waals surface area contributed by atoms with Crippen LogP contribution < -0.4 is 0 Å². The fourth-order valence-corrected chi connectivity index (χ4v) is 2.08. The van der Waals surface area contributed by atoms with Gasteiger partial charge in [0, 0.05) is 11.0 Å². The highest BCUT2D eigenvalue weighted by Gasteiger charge is 2.07. The molecule has 0 saturated carbocycles. The van der Waals surface area contributed by atoms with Crippen molar-refractivity contribution in [1.29, 1.82) is 0 Å². The summed E-state index contributed by atoms with van der Waals surface area (Å²) in [5, 5.41) is 0.864. The van der Waals surface area contributed by atoms with Crippen molar-refractivity contribution in [2.45, 2.75) is 24.5 Å². The van der Waals surface area contributed by atoms with Crippen LogP contribution in [0, 0.1) is 0 Å². The van der Waals surface area contributed by atoms with Gasteiger partial charge in [0.05, 0.1) is 0 Å². The maximum absolute atomic E-state index is 3.71. The van der Waals surface area contributed by atoms with Crippen LogP contribution in [0.2, 0.25) is 0 Å². The first-order valence-electron chi connectivity index (χ1n) is 3.81. The van der Waals surface area contributed by atoms with Gasteiger partial charge in [-0.2, -0.15) is 11.8 Å². The first-order valence-corrected chi connectivity index (χ1v) is 4.86. The van der Waals surface area contributed by atoms with Crippen LogP contribution in [0.25, 0.3) is 0 Å². The maximum Gasteiger partial charge on any atom is 0.0113 e. The van der Waals surface area contributed by atoms with E-state index < -0.39 is 0 Å². The predicted molar refractivity (Wildman–Crippen MR) is 49.4 cm³/mol. The average Bonchev–Trinajstić information content (AvgIpc) is 2.03. The quantitative estimate of drug-likeness (QED) is 0.563. The summed E-state index contributed by atoms with van der Waals surface area (Å²) >= 11 is 2.03. The fraction of sp³-hybridized carbons (Fsp3) is 0.556. The summed E-state index contributed by atoms with van der Waals surface area (Å²) < 4.78 is 0. The highest BCUT2D eigenvalue weighted by atomic mass is 32.2. The molecule has 0 aromatic heterocycles. The molecule has 0 aromatic carbocycles. The molecule has 0 amide bonds. The number of thioether (sulfide) groups is 1. The number of hydrogen-bond acceptors (Lipinski definition) is 1. The molecule has 0 N–H and O–H groups in total. The summed E-state index contributed by atoms with van der Waals surface area (Å²) in [4.78, 5) is 0. The maximum atomic E-state index is 3.71. The van der Waals surface area contributed by atoms with Gasteiger partial charge in [-0.1, -0.05) is 18.2 Å². The normalized spacial score (nSPS) is 24.6. The molecule has 10 heavy (non-hydrogen) atoms. The van der Waals surface area contributed by atoms with E-state index in [1.807, 2.05) is 17.8 Å². The molecule has 1 atom stereocenters. The summed E-state index contributed by atoms with van der Waals surface area (Å²) in [6, 6.07) is 0. The molecule has 1 unspecified atom stereocenters. The van der Waals surface area contributed by atoms with Gasteiger partial charge in [0.25, 0.3) is 0 Å². The second-order valence-electron chi connectivity index (χ2n) is 2.53. The van der Waals surface area contributed by atoms with Crippen molar-refractivity contribution in [2.24, 2.45) is 0 Å². The summed E-state index contributed by atoms with van der Waals surface area (Å²) in [7, 11) is 0. The summed E-state index contributed by atoms with van der Waals surface area (Å²) in [5.74, 6) is 1.11. The predicted octanol–water partition coefficient (Wildman–Crippen LogP) is 3.01. The molecule has 0 fully saturated rings. The molecular formula is C9H14S. The lowest BCUT2D eigenvalue weighted by Crippen LogP contribution is -2.04. The molecule has 1 heteroatoms. The van der Waals surface area contributed by atoms with E-state index in [-0.39, 0.29) is 0 Å². The molecule has 0 heterocycles. The van der Waals surface area contributed by atoms with Crippen molar-refractivity contribution in [3.05, 3.63) is 24.8 Å². The highest BCUT2D eigenvalue weighted by molar-refractivity contribution is 8.00. The highest BCUT2D eigenvalue weighted by Crippen LogP contribution is 2.23. The Kier molecular flexibility index (Phi) is 3.66. The van der Waals surface area contributed by atoms with Gasteiger partial charge in [-0.3, -0.25) is 0 Å². The lowest BCUT2D eigenvalue weighted by atomic mass is 10.1. The molecule has 1 rings (SSSR count). The third-order valence-electron chi connectivity index (χ3n) is 1.67. The second-order valence-corrected chi connectivity index (χ2v) is 3.86. The minimum Gasteiger partial charge on any atom is -0.154 e. The van der Waals surface area contributed by atoms with E-state index in [0.29, 0.717) is 0 Å². The van der Waals surface area contributed by atoms with Gasteiger partial charge in [-0.05, 0) is 19.3 Å². The van der Waals surface area contributed by atoms with Crippen LogP contribution in [0.4, 0.5) is 0 Å². The van der Waals surface area contributed by atoms with Crippen molar-refractivity contribution in [2.75, 3.05) is 5.75 Å². The van der Waals surface area contributed by atoms with E-state index in [9.17, 15) is 0 Å². The Morgan fingerprint density at radius 2 is 2.50 bits per heavy atom. The SMILES string of the molecule is C=CCSC1CC=CCC1. The van der Waals surface area contributed by atoms with Crippen molar-refractivity contribution < 1.29 is 0 Å². The lowest BCUT2D eigenvalue weighted by molar-refractivity contribution is 0.749. The van der Waals surface area contributed by atoms with E-state index >= 15 is 0 Å². The second kappa shape index (κ2) is 4.62. The zero-order valence-corrected chi connectivity index (χ0v) is 7.07. The third kappa shape index (κ3) is 2.61. The van der Waals surface area contributed by atoms with Gasteiger partial charge in [0.1, 0.15) is 0 Å². The van der Waals surface area contributed by atoms with Crippen LogP contribution in [-0.2, 0) is 0 Å². The van der Waals surface area contributed by atoms with E-state index in [0.717, 1.165) is 11.0 Å². The van der Waals surface area contributed by atoms with Crippen molar-refractivity contribution in [1.82, 2.24) is 0 Å². The Labute approximate surface area is 67.4 Å². The van der Waals surface area contributed by atoms with Crippen LogP contribution in [0.3, 0.4) is 0 Å². The van der Waals surface area contributed by atoms with Gasteiger partial charge in [0.15, 0.2) is 0 Å². The first-order chi connectivity index (χ1) is 4.93. The van der Waals surface area contributed by atoms with Gasteiger partial charge in [0.2, 0.25) is 0 Å². The minimum absolute atomic E-state index is 0.864. The van der Waals surface area contributed by atoms with Crippen LogP contribution in [0.1, 0.15) is 19.3 Å². The molecule has 0 aromatic rings. The molecule has 0 bridgehead atoms. The zero-order valence-electron chi connectivity index (χ0n) is 6.25. The van der Waals surface area contributed by atoms with Crippen LogP contribution >= 0.6 is 11.8 Å².